The van der Waals surface area contributed by atoms with Gasteiger partial charge in [-0.2, -0.15) is 0 Å². The highest BCUT2D eigenvalue weighted by atomic mass is 16.6. The van der Waals surface area contributed by atoms with Crippen LogP contribution in [0.3, 0.4) is 0 Å². The van der Waals surface area contributed by atoms with E-state index in [0.29, 0.717) is 6.54 Å². The van der Waals surface area contributed by atoms with Crippen LogP contribution >= 0.6 is 0 Å². The smallest absolute Gasteiger partial charge is 0.417 e. The van der Waals surface area contributed by atoms with Gasteiger partial charge in [0.15, 0.2) is 0 Å². The first-order valence-corrected chi connectivity index (χ1v) is 12.1. The molecule has 1 saturated carbocycles. The summed E-state index contributed by atoms with van der Waals surface area (Å²) >= 11 is 0. The standard InChI is InChI=1S/C26H36N2O6/c1-16(22(29)28-17(2)21(33-24(28)31)18-10-8-7-9-11-18)20(32-6)19-14-26(12-13-26)15-27(19)23(30)34-25(3,4)5/h7-11,16-17,19-21H,12-15H2,1-6H3/t16-,17-,19?,20-,21-/m1/s1. The number of likely N-dealkylation sites (tertiary alicyclic amines) is 1. The monoisotopic (exact) mass is 472 g/mol. The Morgan fingerprint density at radius 3 is 2.38 bits per heavy atom. The molecule has 186 valence electrons. The lowest BCUT2D eigenvalue weighted by atomic mass is 9.91. The summed E-state index contributed by atoms with van der Waals surface area (Å²) in [6.07, 6.45) is 0.727. The van der Waals surface area contributed by atoms with Crippen molar-refractivity contribution in [3.63, 3.8) is 0 Å². The van der Waals surface area contributed by atoms with E-state index >= 15 is 0 Å². The lowest BCUT2D eigenvalue weighted by molar-refractivity contribution is -0.139. The van der Waals surface area contributed by atoms with Crippen LogP contribution in [0.15, 0.2) is 30.3 Å². The second kappa shape index (κ2) is 8.87. The van der Waals surface area contributed by atoms with E-state index in [9.17, 15) is 14.4 Å². The van der Waals surface area contributed by atoms with Crippen LogP contribution < -0.4 is 0 Å². The van der Waals surface area contributed by atoms with E-state index in [-0.39, 0.29) is 23.5 Å². The van der Waals surface area contributed by atoms with Crippen molar-refractivity contribution in [3.05, 3.63) is 35.9 Å². The number of carbonyl (C=O) groups is 3. The molecule has 8 nitrogen and oxygen atoms in total. The number of amides is 3. The number of benzene rings is 1. The van der Waals surface area contributed by atoms with Gasteiger partial charge in [0.25, 0.3) is 0 Å². The van der Waals surface area contributed by atoms with Crippen LogP contribution in [0, 0.1) is 11.3 Å². The Morgan fingerprint density at radius 1 is 1.18 bits per heavy atom. The molecule has 2 saturated heterocycles. The molecule has 3 amide bonds. The minimum absolute atomic E-state index is 0.0827. The molecule has 3 fully saturated rings. The number of imide groups is 1. The molecule has 1 aromatic carbocycles. The summed E-state index contributed by atoms with van der Waals surface area (Å²) in [5.74, 6) is -1.01. The Balaban J connectivity index is 1.53. The molecule has 0 N–H and O–H groups in total. The van der Waals surface area contributed by atoms with Gasteiger partial charge in [0, 0.05) is 13.7 Å². The SMILES string of the molecule is CO[C@@H](C1CC2(CC2)CN1C(=O)OC(C)(C)C)[C@@H](C)C(=O)N1C(=O)O[C@@H](c2ccccc2)[C@H]1C. The van der Waals surface area contributed by atoms with Gasteiger partial charge in [-0.25, -0.2) is 14.5 Å². The van der Waals surface area contributed by atoms with Crippen LogP contribution in [0.2, 0.25) is 0 Å². The molecule has 4 rings (SSSR count). The zero-order valence-corrected chi connectivity index (χ0v) is 20.9. The lowest BCUT2D eigenvalue weighted by Crippen LogP contribution is -2.52. The first kappa shape index (κ1) is 24.5. The lowest BCUT2D eigenvalue weighted by Gasteiger charge is -2.35. The number of hydrogen-bond donors (Lipinski definition) is 0. The van der Waals surface area contributed by atoms with Gasteiger partial charge in [-0.15, -0.1) is 0 Å². The minimum atomic E-state index is -0.654. The number of carbonyl (C=O) groups excluding carboxylic acids is 3. The zero-order chi connectivity index (χ0) is 24.8. The molecule has 34 heavy (non-hydrogen) atoms. The van der Waals surface area contributed by atoms with E-state index in [0.717, 1.165) is 24.8 Å². The molecule has 5 atom stereocenters. The van der Waals surface area contributed by atoms with Gasteiger partial charge < -0.3 is 19.1 Å². The summed E-state index contributed by atoms with van der Waals surface area (Å²) in [6, 6.07) is 8.66. The van der Waals surface area contributed by atoms with Crippen LogP contribution in [-0.2, 0) is 19.0 Å². The van der Waals surface area contributed by atoms with Crippen molar-refractivity contribution in [2.45, 2.75) is 83.8 Å². The fourth-order valence-corrected chi connectivity index (χ4v) is 5.35. The Bertz CT molecular complexity index is 938. The number of hydrogen-bond acceptors (Lipinski definition) is 6. The summed E-state index contributed by atoms with van der Waals surface area (Å²) in [5.41, 5.74) is 0.308. The third-order valence-electron chi connectivity index (χ3n) is 7.30. The molecule has 1 aromatic rings. The van der Waals surface area contributed by atoms with Crippen LogP contribution in [0.1, 0.15) is 65.5 Å². The summed E-state index contributed by atoms with van der Waals surface area (Å²) in [4.78, 5) is 42.3. The Hall–Kier alpha value is -2.61. The molecule has 0 aromatic heterocycles. The molecule has 0 radical (unpaired) electrons. The second-order valence-corrected chi connectivity index (χ2v) is 11.0. The maximum absolute atomic E-state index is 13.6. The van der Waals surface area contributed by atoms with Crippen LogP contribution in [-0.4, -0.2) is 65.3 Å². The van der Waals surface area contributed by atoms with E-state index in [1.807, 2.05) is 58.0 Å². The summed E-state index contributed by atoms with van der Waals surface area (Å²) in [5, 5.41) is 0. The Kier molecular flexibility index (Phi) is 6.40. The third-order valence-corrected chi connectivity index (χ3v) is 7.30. The van der Waals surface area contributed by atoms with Gasteiger partial charge in [0.1, 0.15) is 11.7 Å². The van der Waals surface area contributed by atoms with Gasteiger partial charge in [0.2, 0.25) is 5.91 Å². The second-order valence-electron chi connectivity index (χ2n) is 11.0. The van der Waals surface area contributed by atoms with Crippen LogP contribution in [0.4, 0.5) is 9.59 Å². The first-order chi connectivity index (χ1) is 16.0. The summed E-state index contributed by atoms with van der Waals surface area (Å²) < 4.78 is 17.1. The predicted molar refractivity (Wildman–Crippen MR) is 125 cm³/mol. The highest BCUT2D eigenvalue weighted by Gasteiger charge is 2.57. The van der Waals surface area contributed by atoms with Crippen molar-refractivity contribution in [2.24, 2.45) is 11.3 Å². The normalized spacial score (nSPS) is 27.5. The molecule has 1 unspecified atom stereocenters. The van der Waals surface area contributed by atoms with E-state index in [4.69, 9.17) is 14.2 Å². The molecule has 1 aliphatic carbocycles. The van der Waals surface area contributed by atoms with Crippen molar-refractivity contribution in [3.8, 4) is 0 Å². The molecule has 3 aliphatic rings. The number of nitrogens with zero attached hydrogens (tertiary/aromatic N) is 2. The fraction of sp³-hybridized carbons (Fsp3) is 0.654. The molecule has 1 spiro atoms. The van der Waals surface area contributed by atoms with Gasteiger partial charge in [-0.05, 0) is 57.9 Å². The molecular formula is C26H36N2O6. The fourth-order valence-electron chi connectivity index (χ4n) is 5.35. The number of cyclic esters (lactones) is 1. The molecular weight excluding hydrogens is 436 g/mol. The molecule has 8 heteroatoms. The minimum Gasteiger partial charge on any atom is -0.444 e. The maximum atomic E-state index is 13.6. The van der Waals surface area contributed by atoms with Gasteiger partial charge in [-0.3, -0.25) is 4.79 Å². The number of rotatable bonds is 5. The average molecular weight is 473 g/mol. The maximum Gasteiger partial charge on any atom is 0.417 e. The third kappa shape index (κ3) is 4.65. The van der Waals surface area contributed by atoms with Gasteiger partial charge in [0.05, 0.1) is 24.1 Å². The van der Waals surface area contributed by atoms with Crippen molar-refractivity contribution in [2.75, 3.05) is 13.7 Å². The van der Waals surface area contributed by atoms with Crippen LogP contribution in [0.25, 0.3) is 0 Å². The first-order valence-electron chi connectivity index (χ1n) is 12.1. The predicted octanol–water partition coefficient (Wildman–Crippen LogP) is 4.54. The van der Waals surface area contributed by atoms with Gasteiger partial charge in [-0.1, -0.05) is 37.3 Å². The molecule has 2 heterocycles. The largest absolute Gasteiger partial charge is 0.444 e. The molecule has 0 bridgehead atoms. The van der Waals surface area contributed by atoms with Gasteiger partial charge >= 0.3 is 12.2 Å². The van der Waals surface area contributed by atoms with Crippen molar-refractivity contribution >= 4 is 18.1 Å². The highest BCUT2D eigenvalue weighted by Crippen LogP contribution is 2.56. The summed E-state index contributed by atoms with van der Waals surface area (Å²) in [6.45, 7) is 9.70. The Morgan fingerprint density at radius 2 is 1.82 bits per heavy atom. The van der Waals surface area contributed by atoms with Crippen molar-refractivity contribution in [1.29, 1.82) is 0 Å². The summed E-state index contributed by atoms with van der Waals surface area (Å²) in [7, 11) is 1.55. The quantitative estimate of drug-likeness (QED) is 0.626. The Labute approximate surface area is 201 Å². The van der Waals surface area contributed by atoms with E-state index in [1.54, 1.807) is 18.9 Å². The van der Waals surface area contributed by atoms with E-state index < -0.39 is 35.9 Å². The molecule has 2 aliphatic heterocycles. The number of ether oxygens (including phenoxy) is 3. The number of methoxy groups -OCH3 is 1. The van der Waals surface area contributed by atoms with E-state index in [2.05, 4.69) is 0 Å². The van der Waals surface area contributed by atoms with Crippen LogP contribution in [0.5, 0.6) is 0 Å². The van der Waals surface area contributed by atoms with Crippen molar-refractivity contribution in [1.82, 2.24) is 9.80 Å². The topological polar surface area (TPSA) is 85.4 Å². The van der Waals surface area contributed by atoms with Crippen molar-refractivity contribution < 1.29 is 28.6 Å². The average Bonchev–Trinajstić information content (AvgIpc) is 3.32. The van der Waals surface area contributed by atoms with E-state index in [1.165, 1.54) is 4.90 Å². The highest BCUT2D eigenvalue weighted by molar-refractivity contribution is 5.95. The zero-order valence-electron chi connectivity index (χ0n) is 20.9.